The van der Waals surface area contributed by atoms with Crippen molar-refractivity contribution in [3.8, 4) is 34.3 Å². The number of hydrogen-bond acceptors (Lipinski definition) is 11. The first-order valence-corrected chi connectivity index (χ1v) is 9.51. The lowest BCUT2D eigenvalue weighted by molar-refractivity contribution is -0.277. The van der Waals surface area contributed by atoms with Crippen LogP contribution < -0.4 is 10.2 Å². The van der Waals surface area contributed by atoms with E-state index in [1.54, 1.807) is 0 Å². The van der Waals surface area contributed by atoms with Crippen molar-refractivity contribution in [2.24, 2.45) is 0 Å². The molecule has 0 spiro atoms. The Morgan fingerprint density at radius 1 is 0.906 bits per heavy atom. The predicted octanol–water partition coefficient (Wildman–Crippen LogP) is -0.244. The Labute approximate surface area is 179 Å². The Kier molecular flexibility index (Phi) is 5.67. The molecule has 2 aromatic carbocycles. The lowest BCUT2D eigenvalue weighted by atomic mass is 9.99. The minimum Gasteiger partial charge on any atom is -0.507 e. The van der Waals surface area contributed by atoms with Crippen LogP contribution in [-0.4, -0.2) is 73.1 Å². The molecule has 1 aliphatic rings. The number of aliphatic hydroxyl groups is 4. The molecular weight excluding hydrogens is 428 g/mol. The van der Waals surface area contributed by atoms with Crippen molar-refractivity contribution >= 4 is 11.0 Å². The smallest absolute Gasteiger partial charge is 0.239 e. The van der Waals surface area contributed by atoms with Gasteiger partial charge in [-0.2, -0.15) is 0 Å². The fraction of sp³-hybridized carbons (Fsp3) is 0.286. The highest BCUT2D eigenvalue weighted by molar-refractivity contribution is 5.87. The van der Waals surface area contributed by atoms with E-state index in [4.69, 9.17) is 13.9 Å². The molecule has 1 fully saturated rings. The number of ether oxygens (including phenoxy) is 2. The molecule has 7 N–H and O–H groups in total. The molecule has 0 aliphatic carbocycles. The summed E-state index contributed by atoms with van der Waals surface area (Å²) in [6, 6.07) is 7.68. The molecule has 0 bridgehead atoms. The van der Waals surface area contributed by atoms with Gasteiger partial charge in [0.25, 0.3) is 0 Å². The van der Waals surface area contributed by atoms with Crippen LogP contribution >= 0.6 is 0 Å². The van der Waals surface area contributed by atoms with E-state index in [1.165, 1.54) is 24.3 Å². The normalized spacial score (nSPS) is 25.7. The Morgan fingerprint density at radius 2 is 1.66 bits per heavy atom. The van der Waals surface area contributed by atoms with Crippen LogP contribution in [0.25, 0.3) is 22.3 Å². The van der Waals surface area contributed by atoms with Gasteiger partial charge in [0.05, 0.1) is 6.61 Å². The Bertz CT molecular complexity index is 1200. The van der Waals surface area contributed by atoms with E-state index in [0.29, 0.717) is 0 Å². The number of phenolic OH excluding ortho intramolecular Hbond substituents is 3. The third-order valence-corrected chi connectivity index (χ3v) is 5.18. The summed E-state index contributed by atoms with van der Waals surface area (Å²) in [6.07, 6.45) is -8.21. The predicted molar refractivity (Wildman–Crippen MR) is 107 cm³/mol. The minimum absolute atomic E-state index is 0.0151. The van der Waals surface area contributed by atoms with E-state index >= 15 is 0 Å². The van der Waals surface area contributed by atoms with Crippen molar-refractivity contribution < 1.29 is 49.6 Å². The minimum atomic E-state index is -1.81. The third kappa shape index (κ3) is 3.61. The number of hydrogen-bond donors (Lipinski definition) is 7. The number of rotatable bonds is 4. The Balaban J connectivity index is 1.89. The van der Waals surface area contributed by atoms with Gasteiger partial charge in [-0.3, -0.25) is 4.79 Å². The standard InChI is InChI=1S/C21H20O11/c22-7-13-15(26)17(28)18(29)21(31-13)32-20-16(27)14-10(24)2-1-3-12(14)30-19(20)8-4-5-9(23)11(25)6-8/h1-6,13,15,17-18,21-26,28-29H,7H2/t13-,15-,17+,18-,21+/m1/s1. The van der Waals surface area contributed by atoms with Gasteiger partial charge in [-0.25, -0.2) is 0 Å². The van der Waals surface area contributed by atoms with Gasteiger partial charge in [0.1, 0.15) is 41.1 Å². The number of aliphatic hydroxyl groups excluding tert-OH is 4. The highest BCUT2D eigenvalue weighted by Gasteiger charge is 2.45. The van der Waals surface area contributed by atoms with Gasteiger partial charge in [0.2, 0.25) is 17.5 Å². The molecule has 0 radical (unpaired) electrons. The van der Waals surface area contributed by atoms with Gasteiger partial charge in [-0.15, -0.1) is 0 Å². The van der Waals surface area contributed by atoms with E-state index in [2.05, 4.69) is 0 Å². The summed E-state index contributed by atoms with van der Waals surface area (Å²) in [6.45, 7) is -0.712. The van der Waals surface area contributed by atoms with Gasteiger partial charge in [-0.1, -0.05) is 6.07 Å². The Morgan fingerprint density at radius 3 is 2.34 bits per heavy atom. The lowest BCUT2D eigenvalue weighted by Gasteiger charge is -2.39. The molecule has 170 valence electrons. The van der Waals surface area contributed by atoms with Crippen LogP contribution in [0.3, 0.4) is 0 Å². The van der Waals surface area contributed by atoms with Crippen molar-refractivity contribution in [1.29, 1.82) is 0 Å². The number of benzene rings is 2. The summed E-state index contributed by atoms with van der Waals surface area (Å²) in [5.74, 6) is -2.13. The highest BCUT2D eigenvalue weighted by atomic mass is 16.7. The van der Waals surface area contributed by atoms with E-state index in [0.717, 1.165) is 12.1 Å². The second-order valence-corrected chi connectivity index (χ2v) is 7.26. The van der Waals surface area contributed by atoms with E-state index < -0.39 is 65.7 Å². The zero-order valence-corrected chi connectivity index (χ0v) is 16.3. The summed E-state index contributed by atoms with van der Waals surface area (Å²) in [7, 11) is 0. The molecule has 0 unspecified atom stereocenters. The maximum absolute atomic E-state index is 13.2. The van der Waals surface area contributed by atoms with Crippen LogP contribution in [0.5, 0.6) is 23.0 Å². The monoisotopic (exact) mass is 448 g/mol. The Hall–Kier alpha value is -3.35. The molecule has 2 heterocycles. The van der Waals surface area contributed by atoms with E-state index in [-0.39, 0.29) is 22.3 Å². The quantitative estimate of drug-likeness (QED) is 0.261. The van der Waals surface area contributed by atoms with Crippen LogP contribution in [0, 0.1) is 0 Å². The average molecular weight is 448 g/mol. The van der Waals surface area contributed by atoms with Gasteiger partial charge < -0.3 is 49.6 Å². The van der Waals surface area contributed by atoms with Crippen LogP contribution in [0.4, 0.5) is 0 Å². The largest absolute Gasteiger partial charge is 0.507 e. The maximum atomic E-state index is 13.2. The van der Waals surface area contributed by atoms with Gasteiger partial charge in [0.15, 0.2) is 17.3 Å². The fourth-order valence-electron chi connectivity index (χ4n) is 3.45. The molecule has 0 saturated carbocycles. The summed E-state index contributed by atoms with van der Waals surface area (Å²) in [4.78, 5) is 13.2. The van der Waals surface area contributed by atoms with Crippen molar-refractivity contribution in [2.45, 2.75) is 30.7 Å². The summed E-state index contributed by atoms with van der Waals surface area (Å²) >= 11 is 0. The van der Waals surface area contributed by atoms with Gasteiger partial charge in [-0.05, 0) is 30.3 Å². The van der Waals surface area contributed by atoms with Crippen LogP contribution in [0.1, 0.15) is 0 Å². The van der Waals surface area contributed by atoms with Crippen molar-refractivity contribution in [3.63, 3.8) is 0 Å². The fourth-order valence-corrected chi connectivity index (χ4v) is 3.45. The average Bonchev–Trinajstić information content (AvgIpc) is 2.77. The SMILES string of the molecule is O=c1c(O[C@@H]2O[C@H](CO)[C@@H](O)[C@H](O)[C@H]2O)c(-c2ccc(O)c(O)c2)oc2cccc(O)c12. The first-order chi connectivity index (χ1) is 15.2. The number of aromatic hydroxyl groups is 3. The highest BCUT2D eigenvalue weighted by Crippen LogP contribution is 2.38. The third-order valence-electron chi connectivity index (χ3n) is 5.18. The van der Waals surface area contributed by atoms with Crippen LogP contribution in [0.2, 0.25) is 0 Å². The second-order valence-electron chi connectivity index (χ2n) is 7.26. The molecule has 4 rings (SSSR count). The lowest BCUT2D eigenvalue weighted by Crippen LogP contribution is -2.60. The first kappa shape index (κ1) is 21.9. The summed E-state index contributed by atoms with van der Waals surface area (Å²) < 4.78 is 16.6. The molecule has 3 aromatic rings. The molecular formula is C21H20O11. The van der Waals surface area contributed by atoms with E-state index in [1.807, 2.05) is 0 Å². The first-order valence-electron chi connectivity index (χ1n) is 9.51. The zero-order chi connectivity index (χ0) is 23.2. The number of fused-ring (bicyclic) bond motifs is 1. The second kappa shape index (κ2) is 8.30. The number of phenols is 3. The van der Waals surface area contributed by atoms with Crippen LogP contribution in [0.15, 0.2) is 45.6 Å². The van der Waals surface area contributed by atoms with Crippen molar-refractivity contribution in [3.05, 3.63) is 46.6 Å². The van der Waals surface area contributed by atoms with Crippen molar-refractivity contribution in [1.82, 2.24) is 0 Å². The van der Waals surface area contributed by atoms with Crippen LogP contribution in [-0.2, 0) is 4.74 Å². The molecule has 1 saturated heterocycles. The summed E-state index contributed by atoms with van der Waals surface area (Å²) in [5.41, 5.74) is -0.773. The molecule has 1 aromatic heterocycles. The molecule has 11 nitrogen and oxygen atoms in total. The molecule has 1 aliphatic heterocycles. The molecule has 5 atom stereocenters. The maximum Gasteiger partial charge on any atom is 0.239 e. The molecule has 32 heavy (non-hydrogen) atoms. The molecule has 11 heteroatoms. The zero-order valence-electron chi connectivity index (χ0n) is 16.3. The van der Waals surface area contributed by atoms with Gasteiger partial charge >= 0.3 is 0 Å². The topological polar surface area (TPSA) is 190 Å². The van der Waals surface area contributed by atoms with Gasteiger partial charge in [0, 0.05) is 5.56 Å². The van der Waals surface area contributed by atoms with E-state index in [9.17, 15) is 40.5 Å². The van der Waals surface area contributed by atoms with Crippen molar-refractivity contribution in [2.75, 3.05) is 6.61 Å². The molecule has 0 amide bonds. The summed E-state index contributed by atoms with van der Waals surface area (Å²) in [5, 5.41) is 69.0.